The molecule has 1 aromatic carbocycles. The standard InChI is InChI=1S/C16H24N2/c1-2-7-15-14(6-1)9-10-17-16(15)8-5-13-18-11-3-4-12-18/h1-2,6-7,16-17H,3-5,8-13H2. The van der Waals surface area contributed by atoms with Gasteiger partial charge in [-0.15, -0.1) is 0 Å². The zero-order chi connectivity index (χ0) is 12.2. The molecule has 0 radical (unpaired) electrons. The molecule has 0 spiro atoms. The van der Waals surface area contributed by atoms with Gasteiger partial charge in [-0.05, 0) is 69.4 Å². The Morgan fingerprint density at radius 3 is 2.89 bits per heavy atom. The summed E-state index contributed by atoms with van der Waals surface area (Å²) in [7, 11) is 0. The van der Waals surface area contributed by atoms with Crippen LogP contribution in [0.2, 0.25) is 0 Å². The van der Waals surface area contributed by atoms with Crippen LogP contribution in [0.3, 0.4) is 0 Å². The molecule has 3 rings (SSSR count). The Balaban J connectivity index is 1.54. The summed E-state index contributed by atoms with van der Waals surface area (Å²) in [6, 6.07) is 9.55. The van der Waals surface area contributed by atoms with E-state index in [2.05, 4.69) is 34.5 Å². The molecule has 0 aliphatic carbocycles. The molecule has 2 heterocycles. The predicted molar refractivity (Wildman–Crippen MR) is 75.8 cm³/mol. The summed E-state index contributed by atoms with van der Waals surface area (Å²) < 4.78 is 0. The van der Waals surface area contributed by atoms with Crippen LogP contribution in [0.5, 0.6) is 0 Å². The molecule has 1 fully saturated rings. The molecule has 1 saturated heterocycles. The molecule has 1 unspecified atom stereocenters. The Morgan fingerprint density at radius 2 is 2.00 bits per heavy atom. The normalized spacial score (nSPS) is 24.1. The fraction of sp³-hybridized carbons (Fsp3) is 0.625. The Bertz CT molecular complexity index is 382. The molecule has 1 aromatic rings. The highest BCUT2D eigenvalue weighted by Gasteiger charge is 2.19. The maximum absolute atomic E-state index is 3.68. The number of benzene rings is 1. The van der Waals surface area contributed by atoms with E-state index in [4.69, 9.17) is 0 Å². The van der Waals surface area contributed by atoms with Crippen molar-refractivity contribution in [2.24, 2.45) is 0 Å². The summed E-state index contributed by atoms with van der Waals surface area (Å²) in [4.78, 5) is 2.62. The van der Waals surface area contributed by atoms with Crippen molar-refractivity contribution in [3.63, 3.8) is 0 Å². The molecular formula is C16H24N2. The fourth-order valence-corrected chi connectivity index (χ4v) is 3.38. The average molecular weight is 244 g/mol. The summed E-state index contributed by atoms with van der Waals surface area (Å²) >= 11 is 0. The van der Waals surface area contributed by atoms with Crippen LogP contribution in [0.15, 0.2) is 24.3 Å². The number of likely N-dealkylation sites (tertiary alicyclic amines) is 1. The maximum Gasteiger partial charge on any atom is 0.0323 e. The number of hydrogen-bond donors (Lipinski definition) is 1. The molecule has 0 saturated carbocycles. The second-order valence-corrected chi connectivity index (χ2v) is 5.65. The van der Waals surface area contributed by atoms with E-state index < -0.39 is 0 Å². The van der Waals surface area contributed by atoms with Gasteiger partial charge in [-0.25, -0.2) is 0 Å². The van der Waals surface area contributed by atoms with Crippen LogP contribution in [-0.4, -0.2) is 31.1 Å². The fourth-order valence-electron chi connectivity index (χ4n) is 3.38. The highest BCUT2D eigenvalue weighted by molar-refractivity contribution is 5.32. The number of hydrogen-bond acceptors (Lipinski definition) is 2. The molecule has 0 amide bonds. The second-order valence-electron chi connectivity index (χ2n) is 5.65. The van der Waals surface area contributed by atoms with Gasteiger partial charge in [0.25, 0.3) is 0 Å². The molecule has 2 heteroatoms. The predicted octanol–water partition coefficient (Wildman–Crippen LogP) is 2.75. The number of rotatable bonds is 4. The quantitative estimate of drug-likeness (QED) is 0.876. The molecule has 1 N–H and O–H groups in total. The number of nitrogens with one attached hydrogen (secondary N) is 1. The molecule has 2 aliphatic rings. The van der Waals surface area contributed by atoms with Crippen LogP contribution in [0.25, 0.3) is 0 Å². The van der Waals surface area contributed by atoms with Gasteiger partial charge in [0.05, 0.1) is 0 Å². The van der Waals surface area contributed by atoms with E-state index in [1.54, 1.807) is 11.1 Å². The summed E-state index contributed by atoms with van der Waals surface area (Å²) in [6.45, 7) is 5.09. The van der Waals surface area contributed by atoms with Crippen LogP contribution >= 0.6 is 0 Å². The van der Waals surface area contributed by atoms with E-state index in [-0.39, 0.29) is 0 Å². The van der Waals surface area contributed by atoms with Gasteiger partial charge < -0.3 is 10.2 Å². The minimum atomic E-state index is 0.595. The monoisotopic (exact) mass is 244 g/mol. The van der Waals surface area contributed by atoms with E-state index in [0.29, 0.717) is 6.04 Å². The SMILES string of the molecule is c1ccc2c(c1)CCNC2CCCN1CCCC1. The van der Waals surface area contributed by atoms with Crippen LogP contribution in [0.4, 0.5) is 0 Å². The Kier molecular flexibility index (Phi) is 3.96. The van der Waals surface area contributed by atoms with Crippen LogP contribution in [0, 0.1) is 0 Å². The van der Waals surface area contributed by atoms with Crippen molar-refractivity contribution in [1.29, 1.82) is 0 Å². The first kappa shape index (κ1) is 12.2. The van der Waals surface area contributed by atoms with Crippen LogP contribution in [-0.2, 0) is 6.42 Å². The lowest BCUT2D eigenvalue weighted by Crippen LogP contribution is -2.30. The average Bonchev–Trinajstić information content (AvgIpc) is 2.92. The summed E-state index contributed by atoms with van der Waals surface area (Å²) in [5, 5.41) is 3.68. The lowest BCUT2D eigenvalue weighted by atomic mass is 9.92. The van der Waals surface area contributed by atoms with Crippen molar-refractivity contribution in [2.45, 2.75) is 38.1 Å². The molecule has 1 atom stereocenters. The van der Waals surface area contributed by atoms with Crippen molar-refractivity contribution in [1.82, 2.24) is 10.2 Å². The van der Waals surface area contributed by atoms with E-state index in [0.717, 1.165) is 6.54 Å². The lowest BCUT2D eigenvalue weighted by molar-refractivity contribution is 0.317. The molecule has 18 heavy (non-hydrogen) atoms. The molecule has 2 nitrogen and oxygen atoms in total. The summed E-state index contributed by atoms with van der Waals surface area (Å²) in [5.41, 5.74) is 3.10. The lowest BCUT2D eigenvalue weighted by Gasteiger charge is -2.27. The van der Waals surface area contributed by atoms with E-state index in [9.17, 15) is 0 Å². The first-order chi connectivity index (χ1) is 8.93. The molecule has 0 aromatic heterocycles. The van der Waals surface area contributed by atoms with Crippen molar-refractivity contribution >= 4 is 0 Å². The van der Waals surface area contributed by atoms with Gasteiger partial charge in [0.15, 0.2) is 0 Å². The zero-order valence-corrected chi connectivity index (χ0v) is 11.2. The molecule has 0 bridgehead atoms. The van der Waals surface area contributed by atoms with Crippen molar-refractivity contribution in [2.75, 3.05) is 26.2 Å². The highest BCUT2D eigenvalue weighted by Crippen LogP contribution is 2.26. The van der Waals surface area contributed by atoms with Crippen molar-refractivity contribution in [3.05, 3.63) is 35.4 Å². The Morgan fingerprint density at radius 1 is 1.17 bits per heavy atom. The third-order valence-electron chi connectivity index (χ3n) is 4.38. The third-order valence-corrected chi connectivity index (χ3v) is 4.38. The molecular weight excluding hydrogens is 220 g/mol. The van der Waals surface area contributed by atoms with Gasteiger partial charge in [-0.2, -0.15) is 0 Å². The zero-order valence-electron chi connectivity index (χ0n) is 11.2. The van der Waals surface area contributed by atoms with Gasteiger partial charge in [-0.3, -0.25) is 0 Å². The highest BCUT2D eigenvalue weighted by atomic mass is 15.1. The topological polar surface area (TPSA) is 15.3 Å². The first-order valence-electron chi connectivity index (χ1n) is 7.47. The van der Waals surface area contributed by atoms with Gasteiger partial charge in [0, 0.05) is 6.04 Å². The Hall–Kier alpha value is -0.860. The minimum absolute atomic E-state index is 0.595. The van der Waals surface area contributed by atoms with Gasteiger partial charge in [-0.1, -0.05) is 24.3 Å². The first-order valence-corrected chi connectivity index (χ1v) is 7.47. The van der Waals surface area contributed by atoms with Gasteiger partial charge in [0.2, 0.25) is 0 Å². The molecule has 2 aliphatic heterocycles. The van der Waals surface area contributed by atoms with Crippen LogP contribution < -0.4 is 5.32 Å². The number of nitrogens with zero attached hydrogens (tertiary/aromatic N) is 1. The van der Waals surface area contributed by atoms with Crippen LogP contribution in [0.1, 0.15) is 42.9 Å². The van der Waals surface area contributed by atoms with E-state index in [1.807, 2.05) is 0 Å². The molecule has 98 valence electrons. The second kappa shape index (κ2) is 5.85. The largest absolute Gasteiger partial charge is 0.310 e. The summed E-state index contributed by atoms with van der Waals surface area (Å²) in [5.74, 6) is 0. The van der Waals surface area contributed by atoms with Crippen molar-refractivity contribution in [3.8, 4) is 0 Å². The van der Waals surface area contributed by atoms with E-state index >= 15 is 0 Å². The van der Waals surface area contributed by atoms with Gasteiger partial charge >= 0.3 is 0 Å². The number of fused-ring (bicyclic) bond motifs is 1. The smallest absolute Gasteiger partial charge is 0.0323 e. The third kappa shape index (κ3) is 2.76. The van der Waals surface area contributed by atoms with Gasteiger partial charge in [0.1, 0.15) is 0 Å². The summed E-state index contributed by atoms with van der Waals surface area (Å²) in [6.07, 6.45) is 6.62. The Labute approximate surface area is 110 Å². The maximum atomic E-state index is 3.68. The minimum Gasteiger partial charge on any atom is -0.310 e. The van der Waals surface area contributed by atoms with Crippen molar-refractivity contribution < 1.29 is 0 Å². The van der Waals surface area contributed by atoms with E-state index in [1.165, 1.54) is 51.7 Å².